The Morgan fingerprint density at radius 2 is 1.80 bits per heavy atom. The van der Waals surface area contributed by atoms with Crippen LogP contribution < -0.4 is 0 Å². The highest BCUT2D eigenvalue weighted by Crippen LogP contribution is 2.30. The summed E-state index contributed by atoms with van der Waals surface area (Å²) >= 11 is 0. The minimum absolute atomic E-state index is 0.0633. The molecule has 0 saturated carbocycles. The molecule has 0 bridgehead atoms. The first kappa shape index (κ1) is 15.7. The Bertz CT molecular complexity index is 937. The molecule has 4 rings (SSSR count). The van der Waals surface area contributed by atoms with E-state index in [1.165, 1.54) is 22.2 Å². The number of amides is 1. The molecular weight excluding hydrogens is 308 g/mol. The summed E-state index contributed by atoms with van der Waals surface area (Å²) in [6.07, 6.45) is 6.02. The number of rotatable bonds is 3. The van der Waals surface area contributed by atoms with Crippen molar-refractivity contribution in [2.75, 3.05) is 6.54 Å². The normalized spacial score (nSPS) is 13.7. The lowest BCUT2D eigenvalue weighted by atomic mass is 10.1. The van der Waals surface area contributed by atoms with Crippen molar-refractivity contribution in [3.63, 3.8) is 0 Å². The summed E-state index contributed by atoms with van der Waals surface area (Å²) in [5, 5.41) is 1.31. The number of carbonyl (C=O) groups excluding carboxylic acids is 1. The number of para-hydroxylation sites is 1. The molecular formula is C22H22N2O. The highest BCUT2D eigenvalue weighted by Gasteiger charge is 2.21. The van der Waals surface area contributed by atoms with Gasteiger partial charge >= 0.3 is 0 Å². The lowest BCUT2D eigenvalue weighted by Crippen LogP contribution is -2.27. The van der Waals surface area contributed by atoms with Gasteiger partial charge in [0.15, 0.2) is 0 Å². The fraction of sp³-hybridized carbons (Fsp3) is 0.227. The van der Waals surface area contributed by atoms with Crippen LogP contribution in [0.15, 0.2) is 60.8 Å². The van der Waals surface area contributed by atoms with Gasteiger partial charge in [0.25, 0.3) is 5.91 Å². The molecule has 3 heteroatoms. The zero-order chi connectivity index (χ0) is 17.2. The van der Waals surface area contributed by atoms with Gasteiger partial charge in [0.2, 0.25) is 0 Å². The molecule has 0 spiro atoms. The Kier molecular flexibility index (Phi) is 4.14. The summed E-state index contributed by atoms with van der Waals surface area (Å²) in [6.45, 7) is 3.90. The quantitative estimate of drug-likeness (QED) is 0.682. The number of hydrogen-bond donors (Lipinski definition) is 0. The van der Waals surface area contributed by atoms with E-state index in [9.17, 15) is 4.79 Å². The molecule has 1 aromatic heterocycles. The van der Waals surface area contributed by atoms with E-state index in [-0.39, 0.29) is 5.91 Å². The van der Waals surface area contributed by atoms with Crippen LogP contribution in [0.5, 0.6) is 0 Å². The summed E-state index contributed by atoms with van der Waals surface area (Å²) in [5.41, 5.74) is 4.62. The highest BCUT2D eigenvalue weighted by molar-refractivity contribution is 5.96. The number of aryl methyl sites for hydroxylation is 1. The Morgan fingerprint density at radius 1 is 1.04 bits per heavy atom. The van der Waals surface area contributed by atoms with E-state index in [1.54, 1.807) is 0 Å². The van der Waals surface area contributed by atoms with Gasteiger partial charge in [-0.2, -0.15) is 0 Å². The second kappa shape index (κ2) is 6.60. The second-order valence-electron chi connectivity index (χ2n) is 6.46. The molecule has 126 valence electrons. The van der Waals surface area contributed by atoms with Crippen LogP contribution in [0.2, 0.25) is 0 Å². The third-order valence-electron chi connectivity index (χ3n) is 4.86. The maximum Gasteiger partial charge on any atom is 0.257 e. The van der Waals surface area contributed by atoms with Crippen LogP contribution in [0.3, 0.4) is 0 Å². The van der Waals surface area contributed by atoms with E-state index < -0.39 is 0 Å². The number of hydrogen-bond acceptors (Lipinski definition) is 1. The van der Waals surface area contributed by atoms with Crippen LogP contribution in [-0.2, 0) is 13.0 Å². The Morgan fingerprint density at radius 3 is 2.60 bits per heavy atom. The van der Waals surface area contributed by atoms with Gasteiger partial charge < -0.3 is 9.47 Å². The molecule has 0 atom stereocenters. The van der Waals surface area contributed by atoms with Gasteiger partial charge in [-0.15, -0.1) is 0 Å². The molecule has 0 unspecified atom stereocenters. The molecule has 0 radical (unpaired) electrons. The topological polar surface area (TPSA) is 25.2 Å². The molecule has 1 aliphatic rings. The molecule has 2 heterocycles. The van der Waals surface area contributed by atoms with E-state index >= 15 is 0 Å². The lowest BCUT2D eigenvalue weighted by Gasteiger charge is -2.17. The summed E-state index contributed by atoms with van der Waals surface area (Å²) in [7, 11) is 0. The maximum absolute atomic E-state index is 12.8. The Labute approximate surface area is 148 Å². The third-order valence-corrected chi connectivity index (χ3v) is 4.86. The fourth-order valence-corrected chi connectivity index (χ4v) is 3.70. The SMILES string of the molecule is CCCn1c2c(c3ccccc31)CCN(C(=O)c1ccccc1)C=C2. The highest BCUT2D eigenvalue weighted by atomic mass is 16.2. The van der Waals surface area contributed by atoms with Gasteiger partial charge in [0.05, 0.1) is 0 Å². The van der Waals surface area contributed by atoms with Gasteiger partial charge in [0, 0.05) is 41.4 Å². The number of benzene rings is 2. The van der Waals surface area contributed by atoms with Crippen molar-refractivity contribution in [2.24, 2.45) is 0 Å². The maximum atomic E-state index is 12.8. The predicted octanol–water partition coefficient (Wildman–Crippen LogP) is 4.72. The Hall–Kier alpha value is -2.81. The molecule has 0 saturated heterocycles. The molecule has 1 amide bonds. The summed E-state index contributed by atoms with van der Waals surface area (Å²) < 4.78 is 2.39. The zero-order valence-electron chi connectivity index (χ0n) is 14.5. The molecule has 0 aliphatic carbocycles. The summed E-state index contributed by atoms with van der Waals surface area (Å²) in [4.78, 5) is 14.6. The first-order valence-corrected chi connectivity index (χ1v) is 8.94. The first-order chi connectivity index (χ1) is 12.3. The van der Waals surface area contributed by atoms with Gasteiger partial charge in [0.1, 0.15) is 0 Å². The van der Waals surface area contributed by atoms with Crippen molar-refractivity contribution in [2.45, 2.75) is 26.3 Å². The van der Waals surface area contributed by atoms with Gasteiger partial charge in [-0.1, -0.05) is 43.3 Å². The van der Waals surface area contributed by atoms with E-state index in [0.717, 1.165) is 24.9 Å². The van der Waals surface area contributed by atoms with E-state index in [0.29, 0.717) is 6.54 Å². The zero-order valence-corrected chi connectivity index (χ0v) is 14.5. The van der Waals surface area contributed by atoms with Gasteiger partial charge in [-0.25, -0.2) is 0 Å². The van der Waals surface area contributed by atoms with Crippen LogP contribution in [0, 0.1) is 0 Å². The minimum atomic E-state index is 0.0633. The lowest BCUT2D eigenvalue weighted by molar-refractivity contribution is 0.0825. The number of carbonyl (C=O) groups is 1. The summed E-state index contributed by atoms with van der Waals surface area (Å²) in [5.74, 6) is 0.0633. The standard InChI is InChI=1S/C22H22N2O/c1-2-14-24-20-11-7-6-10-18(20)19-12-15-23(16-13-21(19)24)22(25)17-8-4-3-5-9-17/h3-11,13,16H,2,12,14-15H2,1H3. The van der Waals surface area contributed by atoms with E-state index in [1.807, 2.05) is 41.4 Å². The van der Waals surface area contributed by atoms with Crippen LogP contribution in [0.1, 0.15) is 35.0 Å². The van der Waals surface area contributed by atoms with Gasteiger partial charge in [-0.05, 0) is 42.7 Å². The third kappa shape index (κ3) is 2.76. The van der Waals surface area contributed by atoms with Gasteiger partial charge in [-0.3, -0.25) is 4.79 Å². The number of nitrogens with zero attached hydrogens (tertiary/aromatic N) is 2. The van der Waals surface area contributed by atoms with Crippen molar-refractivity contribution < 1.29 is 4.79 Å². The monoisotopic (exact) mass is 330 g/mol. The van der Waals surface area contributed by atoms with Crippen molar-refractivity contribution in [1.82, 2.24) is 9.47 Å². The average molecular weight is 330 g/mol. The summed E-state index contributed by atoms with van der Waals surface area (Å²) in [6, 6.07) is 18.1. The Balaban J connectivity index is 1.73. The van der Waals surface area contributed by atoms with E-state index in [2.05, 4.69) is 41.8 Å². The van der Waals surface area contributed by atoms with Crippen LogP contribution >= 0.6 is 0 Å². The number of fused-ring (bicyclic) bond motifs is 3. The molecule has 0 N–H and O–H groups in total. The van der Waals surface area contributed by atoms with E-state index in [4.69, 9.17) is 0 Å². The minimum Gasteiger partial charge on any atom is -0.341 e. The molecule has 3 nitrogen and oxygen atoms in total. The van der Waals surface area contributed by atoms with Crippen LogP contribution in [-0.4, -0.2) is 21.9 Å². The van der Waals surface area contributed by atoms with Crippen molar-refractivity contribution >= 4 is 22.9 Å². The molecule has 1 aliphatic heterocycles. The fourth-order valence-electron chi connectivity index (χ4n) is 3.70. The molecule has 3 aromatic rings. The van der Waals surface area contributed by atoms with Crippen molar-refractivity contribution in [3.05, 3.63) is 77.6 Å². The second-order valence-corrected chi connectivity index (χ2v) is 6.46. The van der Waals surface area contributed by atoms with Crippen molar-refractivity contribution in [1.29, 1.82) is 0 Å². The molecule has 25 heavy (non-hydrogen) atoms. The molecule has 0 fully saturated rings. The smallest absolute Gasteiger partial charge is 0.257 e. The van der Waals surface area contributed by atoms with Crippen LogP contribution in [0.25, 0.3) is 17.0 Å². The van der Waals surface area contributed by atoms with Crippen LogP contribution in [0.4, 0.5) is 0 Å². The number of aromatic nitrogens is 1. The van der Waals surface area contributed by atoms with Crippen molar-refractivity contribution in [3.8, 4) is 0 Å². The largest absolute Gasteiger partial charge is 0.341 e. The molecule has 2 aromatic carbocycles. The first-order valence-electron chi connectivity index (χ1n) is 8.94. The average Bonchev–Trinajstić information content (AvgIpc) is 2.81. The predicted molar refractivity (Wildman–Crippen MR) is 102 cm³/mol.